The number of hydrogen-bond acceptors (Lipinski definition) is 4. The first-order chi connectivity index (χ1) is 13.0. The number of halogens is 3. The molecule has 0 spiro atoms. The van der Waals surface area contributed by atoms with Crippen LogP contribution < -0.4 is 10.1 Å². The van der Waals surface area contributed by atoms with Gasteiger partial charge in [0.15, 0.2) is 0 Å². The van der Waals surface area contributed by atoms with E-state index in [4.69, 9.17) is 9.47 Å². The summed E-state index contributed by atoms with van der Waals surface area (Å²) >= 11 is 0. The maximum absolute atomic E-state index is 13.6. The Balaban J connectivity index is 1.94. The summed E-state index contributed by atoms with van der Waals surface area (Å²) in [5.41, 5.74) is 0.128. The van der Waals surface area contributed by atoms with Gasteiger partial charge < -0.3 is 19.7 Å². The molecule has 1 aliphatic heterocycles. The van der Waals surface area contributed by atoms with Gasteiger partial charge in [0, 0.05) is 19.6 Å². The van der Waals surface area contributed by atoms with E-state index < -0.39 is 29.8 Å². The second-order valence-electron chi connectivity index (χ2n) is 8.05. The van der Waals surface area contributed by atoms with Crippen LogP contribution >= 0.6 is 0 Å². The first-order valence-corrected chi connectivity index (χ1v) is 9.40. The lowest BCUT2D eigenvalue weighted by Crippen LogP contribution is -2.51. The van der Waals surface area contributed by atoms with Gasteiger partial charge in [-0.3, -0.25) is 0 Å². The average Bonchev–Trinajstić information content (AvgIpc) is 2.60. The minimum atomic E-state index is -4.36. The van der Waals surface area contributed by atoms with Crippen LogP contribution in [-0.2, 0) is 11.3 Å². The minimum absolute atomic E-state index is 0.112. The van der Waals surface area contributed by atoms with Crippen molar-refractivity contribution in [3.05, 3.63) is 29.8 Å². The molecule has 1 heterocycles. The highest BCUT2D eigenvalue weighted by molar-refractivity contribution is 5.68. The molecule has 1 aromatic rings. The quantitative estimate of drug-likeness (QED) is 0.795. The van der Waals surface area contributed by atoms with E-state index in [1.54, 1.807) is 45.0 Å². The van der Waals surface area contributed by atoms with Gasteiger partial charge in [0.1, 0.15) is 17.4 Å². The number of hydrogen-bond donors (Lipinski definition) is 1. The van der Waals surface area contributed by atoms with Crippen LogP contribution in [0.4, 0.5) is 18.0 Å². The van der Waals surface area contributed by atoms with Gasteiger partial charge in [-0.05, 0) is 57.2 Å². The topological polar surface area (TPSA) is 50.8 Å². The van der Waals surface area contributed by atoms with Crippen LogP contribution in [0, 0.1) is 5.92 Å². The van der Waals surface area contributed by atoms with Crippen LogP contribution in [-0.4, -0.2) is 49.0 Å². The number of alkyl halides is 3. The Bertz CT molecular complexity index is 634. The van der Waals surface area contributed by atoms with Gasteiger partial charge in [-0.2, -0.15) is 13.2 Å². The Morgan fingerprint density at radius 2 is 1.75 bits per heavy atom. The van der Waals surface area contributed by atoms with Gasteiger partial charge in [-0.15, -0.1) is 0 Å². The first-order valence-electron chi connectivity index (χ1n) is 9.40. The van der Waals surface area contributed by atoms with E-state index >= 15 is 0 Å². The Morgan fingerprint density at radius 1 is 1.18 bits per heavy atom. The summed E-state index contributed by atoms with van der Waals surface area (Å²) < 4.78 is 51.2. The number of carbonyl (C=O) groups excluding carboxylic acids is 1. The molecule has 1 saturated heterocycles. The van der Waals surface area contributed by atoms with Crippen LogP contribution in [0.25, 0.3) is 0 Å². The van der Waals surface area contributed by atoms with E-state index in [0.717, 1.165) is 5.56 Å². The van der Waals surface area contributed by atoms with Gasteiger partial charge in [0.25, 0.3) is 0 Å². The number of methoxy groups -OCH3 is 1. The van der Waals surface area contributed by atoms with Crippen LogP contribution in [0.15, 0.2) is 24.3 Å². The molecule has 0 bridgehead atoms. The molecule has 5 nitrogen and oxygen atoms in total. The maximum atomic E-state index is 13.6. The number of carbonyl (C=O) groups is 1. The van der Waals surface area contributed by atoms with E-state index in [-0.39, 0.29) is 32.5 Å². The molecule has 8 heteroatoms. The second kappa shape index (κ2) is 9.03. The molecule has 1 aliphatic rings. The SMILES string of the molecule is COc1ccc(CNC(C2CCN(C(=O)OC(C)(C)C)CC2)C(F)(F)F)cc1. The summed E-state index contributed by atoms with van der Waals surface area (Å²) in [7, 11) is 1.54. The Kier molecular flexibility index (Phi) is 7.20. The highest BCUT2D eigenvalue weighted by atomic mass is 19.4. The molecule has 158 valence electrons. The molecule has 28 heavy (non-hydrogen) atoms. The molecule has 1 unspecified atom stereocenters. The highest BCUT2D eigenvalue weighted by Gasteiger charge is 2.45. The van der Waals surface area contributed by atoms with E-state index in [9.17, 15) is 18.0 Å². The summed E-state index contributed by atoms with van der Waals surface area (Å²) in [6.45, 7) is 5.93. The third kappa shape index (κ3) is 6.58. The monoisotopic (exact) mass is 402 g/mol. The number of nitrogens with zero attached hydrogens (tertiary/aromatic N) is 1. The molecule has 1 N–H and O–H groups in total. The van der Waals surface area contributed by atoms with E-state index in [0.29, 0.717) is 5.75 Å². The predicted molar refractivity (Wildman–Crippen MR) is 100 cm³/mol. The van der Waals surface area contributed by atoms with Crippen molar-refractivity contribution in [2.75, 3.05) is 20.2 Å². The number of benzene rings is 1. The summed E-state index contributed by atoms with van der Waals surface area (Å²) in [5, 5.41) is 2.66. The average molecular weight is 402 g/mol. The fourth-order valence-electron chi connectivity index (χ4n) is 3.26. The van der Waals surface area contributed by atoms with Crippen molar-refractivity contribution in [2.24, 2.45) is 5.92 Å². The Morgan fingerprint density at radius 3 is 2.21 bits per heavy atom. The van der Waals surface area contributed by atoms with Crippen molar-refractivity contribution in [3.8, 4) is 5.75 Å². The lowest BCUT2D eigenvalue weighted by molar-refractivity contribution is -0.171. The zero-order valence-corrected chi connectivity index (χ0v) is 16.8. The zero-order chi connectivity index (χ0) is 20.9. The smallest absolute Gasteiger partial charge is 0.410 e. The van der Waals surface area contributed by atoms with Crippen LogP contribution in [0.2, 0.25) is 0 Å². The van der Waals surface area contributed by atoms with Gasteiger partial charge in [-0.1, -0.05) is 12.1 Å². The minimum Gasteiger partial charge on any atom is -0.497 e. The summed E-state index contributed by atoms with van der Waals surface area (Å²) in [6.07, 6.45) is -4.27. The van der Waals surface area contributed by atoms with Gasteiger partial charge in [0.2, 0.25) is 0 Å². The van der Waals surface area contributed by atoms with Crippen molar-refractivity contribution in [1.29, 1.82) is 0 Å². The van der Waals surface area contributed by atoms with Crippen LogP contribution in [0.3, 0.4) is 0 Å². The molecular formula is C20H29F3N2O3. The third-order valence-electron chi connectivity index (χ3n) is 4.70. The molecule has 1 amide bonds. The number of piperidine rings is 1. The number of nitrogens with one attached hydrogen (secondary N) is 1. The van der Waals surface area contributed by atoms with E-state index in [2.05, 4.69) is 5.32 Å². The normalized spacial score (nSPS) is 17.3. The van der Waals surface area contributed by atoms with Crippen molar-refractivity contribution < 1.29 is 27.4 Å². The standard InChI is InChI=1S/C20H29F3N2O3/c1-19(2,3)28-18(26)25-11-9-15(10-12-25)17(20(21,22)23)24-13-14-5-7-16(27-4)8-6-14/h5-8,15,17,24H,9-13H2,1-4H3. The van der Waals surface area contributed by atoms with E-state index in [1.165, 1.54) is 12.0 Å². The van der Waals surface area contributed by atoms with Crippen molar-refractivity contribution >= 4 is 6.09 Å². The van der Waals surface area contributed by atoms with Crippen LogP contribution in [0.5, 0.6) is 5.75 Å². The van der Waals surface area contributed by atoms with E-state index in [1.807, 2.05) is 0 Å². The largest absolute Gasteiger partial charge is 0.497 e. The Labute approximate surface area is 164 Å². The second-order valence-corrected chi connectivity index (χ2v) is 8.05. The number of likely N-dealkylation sites (tertiary alicyclic amines) is 1. The number of ether oxygens (including phenoxy) is 2. The molecule has 0 aliphatic carbocycles. The third-order valence-corrected chi connectivity index (χ3v) is 4.70. The lowest BCUT2D eigenvalue weighted by Gasteiger charge is -2.37. The highest BCUT2D eigenvalue weighted by Crippen LogP contribution is 2.32. The summed E-state index contributed by atoms with van der Waals surface area (Å²) in [4.78, 5) is 13.6. The van der Waals surface area contributed by atoms with Gasteiger partial charge in [-0.25, -0.2) is 4.79 Å². The molecule has 2 rings (SSSR count). The predicted octanol–water partition coefficient (Wildman–Crippen LogP) is 4.36. The summed E-state index contributed by atoms with van der Waals surface area (Å²) in [5.74, 6) is 0.0718. The molecule has 0 saturated carbocycles. The molecule has 0 radical (unpaired) electrons. The molecule has 1 aromatic carbocycles. The number of rotatable bonds is 5. The molecular weight excluding hydrogens is 373 g/mol. The zero-order valence-electron chi connectivity index (χ0n) is 16.8. The van der Waals surface area contributed by atoms with Crippen molar-refractivity contribution in [1.82, 2.24) is 10.2 Å². The molecule has 1 fully saturated rings. The Hall–Kier alpha value is -1.96. The van der Waals surface area contributed by atoms with Crippen molar-refractivity contribution in [3.63, 3.8) is 0 Å². The molecule has 0 aromatic heterocycles. The summed E-state index contributed by atoms with van der Waals surface area (Å²) in [6, 6.07) is 5.31. The fraction of sp³-hybridized carbons (Fsp3) is 0.650. The van der Waals surface area contributed by atoms with Gasteiger partial charge in [0.05, 0.1) is 7.11 Å². The fourth-order valence-corrected chi connectivity index (χ4v) is 3.26. The number of amides is 1. The van der Waals surface area contributed by atoms with Crippen molar-refractivity contribution in [2.45, 2.75) is 58.0 Å². The van der Waals surface area contributed by atoms with Crippen LogP contribution in [0.1, 0.15) is 39.2 Å². The first kappa shape index (κ1) is 22.3. The maximum Gasteiger partial charge on any atom is 0.410 e. The lowest BCUT2D eigenvalue weighted by atomic mass is 9.89. The molecule has 1 atom stereocenters. The van der Waals surface area contributed by atoms with Gasteiger partial charge >= 0.3 is 12.3 Å².